The predicted molar refractivity (Wildman–Crippen MR) is 311 cm³/mol. The Bertz CT molecular complexity index is 4570. The molecule has 0 saturated carbocycles. The standard InChI is InChI=1S/C71H44N2O/c1-4-14-45(15-5-1)48-24-28-50(29-25-48)66-41-55(42-67(72-66)51-30-26-49(27-31-51)46-16-6-2-7-17-46)73-68-36-33-52(47-18-8-3-9-19-47)39-63(68)64-43-61-60-38-53(54-34-37-71-65(40-54)59-22-12-13-23-70(59)74-71)32-35-58(60)56-20-10-11-21-57(56)62(61)44-69(64)73/h1-44H. The molecular formula is C71H44N2O. The molecule has 0 spiro atoms. The molecule has 0 aliphatic heterocycles. The summed E-state index contributed by atoms with van der Waals surface area (Å²) in [6.45, 7) is 0. The van der Waals surface area contributed by atoms with Crippen molar-refractivity contribution in [3.63, 3.8) is 0 Å². The van der Waals surface area contributed by atoms with Crippen LogP contribution < -0.4 is 0 Å². The van der Waals surface area contributed by atoms with Crippen molar-refractivity contribution >= 4 is 76.1 Å². The van der Waals surface area contributed by atoms with Gasteiger partial charge in [-0.25, -0.2) is 4.98 Å². The first-order valence-corrected chi connectivity index (χ1v) is 25.3. The number of aromatic nitrogens is 2. The average Bonchev–Trinajstić information content (AvgIpc) is 4.06. The highest BCUT2D eigenvalue weighted by Gasteiger charge is 2.20. The maximum atomic E-state index is 6.26. The van der Waals surface area contributed by atoms with E-state index < -0.39 is 0 Å². The molecule has 3 nitrogen and oxygen atoms in total. The Kier molecular flexibility index (Phi) is 9.57. The van der Waals surface area contributed by atoms with Crippen LogP contribution in [0.5, 0.6) is 0 Å². The van der Waals surface area contributed by atoms with Crippen molar-refractivity contribution in [1.82, 2.24) is 9.55 Å². The van der Waals surface area contributed by atoms with E-state index in [0.29, 0.717) is 0 Å². The Hall–Kier alpha value is -9.83. The third-order valence-electron chi connectivity index (χ3n) is 15.2. The topological polar surface area (TPSA) is 31.0 Å². The molecule has 3 heteroatoms. The number of pyridine rings is 1. The van der Waals surface area contributed by atoms with E-state index in [1.54, 1.807) is 0 Å². The number of rotatable bonds is 7. The third kappa shape index (κ3) is 6.93. The Balaban J connectivity index is 0.986. The van der Waals surface area contributed by atoms with Crippen LogP contribution in [0.4, 0.5) is 0 Å². The van der Waals surface area contributed by atoms with Gasteiger partial charge < -0.3 is 8.98 Å². The Morgan fingerprint density at radius 2 is 0.622 bits per heavy atom. The summed E-state index contributed by atoms with van der Waals surface area (Å²) in [5, 5.41) is 12.0. The van der Waals surface area contributed by atoms with E-state index in [4.69, 9.17) is 9.40 Å². The van der Waals surface area contributed by atoms with Crippen molar-refractivity contribution in [2.75, 3.05) is 0 Å². The summed E-state index contributed by atoms with van der Waals surface area (Å²) in [5.41, 5.74) is 18.5. The highest BCUT2D eigenvalue weighted by Crippen LogP contribution is 2.44. The maximum absolute atomic E-state index is 6.26. The number of hydrogen-bond donors (Lipinski definition) is 0. The monoisotopic (exact) mass is 940 g/mol. The van der Waals surface area contributed by atoms with Crippen LogP contribution in [0.1, 0.15) is 0 Å². The average molecular weight is 941 g/mol. The molecule has 15 rings (SSSR count). The summed E-state index contributed by atoms with van der Waals surface area (Å²) in [4.78, 5) is 5.47. The lowest BCUT2D eigenvalue weighted by Gasteiger charge is -2.15. The van der Waals surface area contributed by atoms with Crippen molar-refractivity contribution in [2.45, 2.75) is 0 Å². The fourth-order valence-corrected chi connectivity index (χ4v) is 11.5. The Morgan fingerprint density at radius 1 is 0.230 bits per heavy atom. The molecule has 344 valence electrons. The molecule has 74 heavy (non-hydrogen) atoms. The van der Waals surface area contributed by atoms with E-state index in [1.807, 2.05) is 12.1 Å². The first kappa shape index (κ1) is 41.9. The summed E-state index contributed by atoms with van der Waals surface area (Å²) in [7, 11) is 0. The second kappa shape index (κ2) is 16.9. The van der Waals surface area contributed by atoms with Gasteiger partial charge in [0.25, 0.3) is 0 Å². The van der Waals surface area contributed by atoms with Crippen molar-refractivity contribution in [1.29, 1.82) is 0 Å². The van der Waals surface area contributed by atoms with Crippen LogP contribution >= 0.6 is 0 Å². The van der Waals surface area contributed by atoms with Crippen molar-refractivity contribution in [2.24, 2.45) is 0 Å². The van der Waals surface area contributed by atoms with Crippen LogP contribution in [0.25, 0.3) is 149 Å². The maximum Gasteiger partial charge on any atom is 0.135 e. The fourth-order valence-electron chi connectivity index (χ4n) is 11.5. The predicted octanol–water partition coefficient (Wildman–Crippen LogP) is 19.5. The first-order chi connectivity index (χ1) is 36.6. The quantitative estimate of drug-likeness (QED) is 0.149. The van der Waals surface area contributed by atoms with Gasteiger partial charge in [0, 0.05) is 32.7 Å². The van der Waals surface area contributed by atoms with Gasteiger partial charge in [0.05, 0.1) is 28.1 Å². The number of nitrogens with zero attached hydrogens (tertiary/aromatic N) is 2. The third-order valence-corrected chi connectivity index (χ3v) is 15.2. The lowest BCUT2D eigenvalue weighted by atomic mass is 9.91. The molecule has 0 aliphatic rings. The van der Waals surface area contributed by atoms with Gasteiger partial charge in [-0.2, -0.15) is 0 Å². The van der Waals surface area contributed by atoms with Gasteiger partial charge in [-0.3, -0.25) is 0 Å². The lowest BCUT2D eigenvalue weighted by Crippen LogP contribution is -1.98. The summed E-state index contributed by atoms with van der Waals surface area (Å²) < 4.78 is 8.73. The zero-order chi connectivity index (χ0) is 48.7. The van der Waals surface area contributed by atoms with Crippen LogP contribution in [0.3, 0.4) is 0 Å². The van der Waals surface area contributed by atoms with E-state index in [-0.39, 0.29) is 0 Å². The number of para-hydroxylation sites is 1. The van der Waals surface area contributed by atoms with E-state index in [2.05, 4.69) is 259 Å². The second-order valence-electron chi connectivity index (χ2n) is 19.4. The van der Waals surface area contributed by atoms with Gasteiger partial charge in [0.1, 0.15) is 11.2 Å². The van der Waals surface area contributed by atoms with Gasteiger partial charge in [0.15, 0.2) is 0 Å². The Morgan fingerprint density at radius 3 is 1.26 bits per heavy atom. The van der Waals surface area contributed by atoms with E-state index in [0.717, 1.165) is 66.7 Å². The minimum absolute atomic E-state index is 0.899. The molecule has 3 heterocycles. The van der Waals surface area contributed by atoms with E-state index >= 15 is 0 Å². The fraction of sp³-hybridized carbons (Fsp3) is 0. The summed E-state index contributed by atoms with van der Waals surface area (Å²) in [6, 6.07) is 96.8. The molecule has 0 fully saturated rings. The minimum atomic E-state index is 0.899. The molecule has 15 aromatic rings. The Labute approximate surface area is 427 Å². The zero-order valence-electron chi connectivity index (χ0n) is 40.2. The summed E-state index contributed by atoms with van der Waals surface area (Å²) >= 11 is 0. The van der Waals surface area contributed by atoms with Crippen molar-refractivity contribution in [3.8, 4) is 72.7 Å². The van der Waals surface area contributed by atoms with Crippen LogP contribution in [0, 0.1) is 0 Å². The highest BCUT2D eigenvalue weighted by atomic mass is 16.3. The summed E-state index contributed by atoms with van der Waals surface area (Å²) in [6.07, 6.45) is 0. The SMILES string of the molecule is c1ccc(-c2ccc(-c3cc(-n4c5ccc(-c6ccccc6)cc5c5cc6c7cc(-c8ccc9oc%10ccccc%10c9c8)ccc7c7ccccc7c6cc54)cc(-c4ccc(-c5ccccc5)cc4)n3)cc2)cc1. The molecule has 3 aromatic heterocycles. The first-order valence-electron chi connectivity index (χ1n) is 25.3. The van der Waals surface area contributed by atoms with Gasteiger partial charge in [-0.05, 0) is 137 Å². The van der Waals surface area contributed by atoms with Crippen LogP contribution in [0.2, 0.25) is 0 Å². The molecule has 0 radical (unpaired) electrons. The molecule has 0 aliphatic carbocycles. The van der Waals surface area contributed by atoms with E-state index in [9.17, 15) is 0 Å². The molecule has 0 N–H and O–H groups in total. The number of benzene rings is 12. The van der Waals surface area contributed by atoms with Crippen molar-refractivity contribution < 1.29 is 4.42 Å². The lowest BCUT2D eigenvalue weighted by molar-refractivity contribution is 0.669. The van der Waals surface area contributed by atoms with Crippen LogP contribution in [-0.2, 0) is 0 Å². The molecule has 0 saturated heterocycles. The van der Waals surface area contributed by atoms with Crippen molar-refractivity contribution in [3.05, 3.63) is 267 Å². The van der Waals surface area contributed by atoms with Gasteiger partial charge in [0.2, 0.25) is 0 Å². The van der Waals surface area contributed by atoms with Gasteiger partial charge in [-0.1, -0.05) is 206 Å². The van der Waals surface area contributed by atoms with Crippen LogP contribution in [0.15, 0.2) is 271 Å². The van der Waals surface area contributed by atoms with E-state index in [1.165, 1.54) is 82.0 Å². The number of hydrogen-bond acceptors (Lipinski definition) is 2. The second-order valence-corrected chi connectivity index (χ2v) is 19.4. The largest absolute Gasteiger partial charge is 0.456 e. The minimum Gasteiger partial charge on any atom is -0.456 e. The molecule has 0 atom stereocenters. The number of furan rings is 1. The molecule has 0 amide bonds. The zero-order valence-corrected chi connectivity index (χ0v) is 40.2. The van der Waals surface area contributed by atoms with Crippen LogP contribution in [-0.4, -0.2) is 9.55 Å². The molecular weight excluding hydrogens is 897 g/mol. The van der Waals surface area contributed by atoms with Gasteiger partial charge in [-0.15, -0.1) is 0 Å². The molecule has 12 aromatic carbocycles. The highest BCUT2D eigenvalue weighted by molar-refractivity contribution is 6.29. The molecule has 0 bridgehead atoms. The molecule has 0 unspecified atom stereocenters. The number of fused-ring (bicyclic) bond motifs is 12. The normalized spacial score (nSPS) is 11.8. The van der Waals surface area contributed by atoms with Gasteiger partial charge >= 0.3 is 0 Å². The smallest absolute Gasteiger partial charge is 0.135 e. The summed E-state index contributed by atoms with van der Waals surface area (Å²) in [5.74, 6) is 0.